The van der Waals surface area contributed by atoms with Crippen LogP contribution in [0.1, 0.15) is 12.5 Å². The second kappa shape index (κ2) is 5.09. The minimum absolute atomic E-state index is 0.00872. The molecule has 1 aromatic carbocycles. The van der Waals surface area contributed by atoms with Gasteiger partial charge >= 0.3 is 0 Å². The van der Waals surface area contributed by atoms with Crippen molar-refractivity contribution in [2.24, 2.45) is 0 Å². The van der Waals surface area contributed by atoms with Crippen LogP contribution in [0.5, 0.6) is 0 Å². The topological polar surface area (TPSA) is 30.7 Å². The van der Waals surface area contributed by atoms with E-state index < -0.39 is 5.92 Å². The first-order valence-electron chi connectivity index (χ1n) is 6.49. The molecule has 0 bridgehead atoms. The van der Waals surface area contributed by atoms with E-state index >= 15 is 0 Å². The van der Waals surface area contributed by atoms with Crippen molar-refractivity contribution in [2.45, 2.75) is 12.8 Å². The molecule has 0 saturated heterocycles. The summed E-state index contributed by atoms with van der Waals surface area (Å²) in [6.07, 6.45) is 5.09. The van der Waals surface area contributed by atoms with Gasteiger partial charge < -0.3 is 0 Å². The van der Waals surface area contributed by atoms with E-state index in [2.05, 4.69) is 10.1 Å². The molecule has 0 unspecified atom stereocenters. The molecule has 0 spiro atoms. The van der Waals surface area contributed by atoms with Crippen LogP contribution in [0.2, 0.25) is 0 Å². The number of nitrogens with zero attached hydrogens (tertiary/aromatic N) is 3. The summed E-state index contributed by atoms with van der Waals surface area (Å²) in [6.45, 7) is 0.892. The maximum absolute atomic E-state index is 13.4. The molecule has 106 valence electrons. The summed E-state index contributed by atoms with van der Waals surface area (Å²) in [5.41, 5.74) is 1.47. The molecule has 0 aliphatic heterocycles. The number of rotatable bonds is 3. The van der Waals surface area contributed by atoms with Gasteiger partial charge in [-0.3, -0.25) is 0 Å². The van der Waals surface area contributed by atoms with Gasteiger partial charge in [-0.25, -0.2) is 18.4 Å². The number of benzene rings is 1. The van der Waals surface area contributed by atoms with Gasteiger partial charge in [0.1, 0.15) is 0 Å². The fourth-order valence-corrected chi connectivity index (χ4v) is 2.06. The predicted octanol–water partition coefficient (Wildman–Crippen LogP) is 4.05. The lowest BCUT2D eigenvalue weighted by Gasteiger charge is -2.11. The van der Waals surface area contributed by atoms with E-state index in [0.29, 0.717) is 11.4 Å². The van der Waals surface area contributed by atoms with Gasteiger partial charge in [-0.05, 0) is 23.8 Å². The summed E-state index contributed by atoms with van der Waals surface area (Å²) in [6, 6.07) is 11.8. The molecule has 0 atom stereocenters. The average molecular weight is 285 g/mol. The Balaban J connectivity index is 1.97. The summed E-state index contributed by atoms with van der Waals surface area (Å²) in [5, 5.41) is 4.22. The largest absolute Gasteiger partial charge is 0.270 e. The summed E-state index contributed by atoms with van der Waals surface area (Å²) < 4.78 is 28.4. The Hall–Kier alpha value is -2.56. The van der Waals surface area contributed by atoms with Gasteiger partial charge in [-0.1, -0.05) is 24.3 Å². The van der Waals surface area contributed by atoms with Crippen LogP contribution in [-0.4, -0.2) is 14.8 Å². The van der Waals surface area contributed by atoms with Crippen molar-refractivity contribution >= 4 is 0 Å². The van der Waals surface area contributed by atoms with Gasteiger partial charge in [-0.15, -0.1) is 0 Å². The van der Waals surface area contributed by atoms with Crippen molar-refractivity contribution in [1.82, 2.24) is 14.8 Å². The molecule has 0 aliphatic carbocycles. The number of pyridine rings is 1. The zero-order valence-corrected chi connectivity index (χ0v) is 11.4. The van der Waals surface area contributed by atoms with Gasteiger partial charge in [-0.2, -0.15) is 5.10 Å². The molecule has 2 aromatic heterocycles. The van der Waals surface area contributed by atoms with Gasteiger partial charge in [0.05, 0.1) is 6.20 Å². The third-order valence-electron chi connectivity index (χ3n) is 3.17. The van der Waals surface area contributed by atoms with E-state index in [9.17, 15) is 8.78 Å². The number of aromatic nitrogens is 3. The van der Waals surface area contributed by atoms with E-state index in [0.717, 1.165) is 12.5 Å². The van der Waals surface area contributed by atoms with E-state index in [1.54, 1.807) is 35.4 Å². The third kappa shape index (κ3) is 2.81. The number of hydrogen-bond acceptors (Lipinski definition) is 2. The molecule has 5 heteroatoms. The van der Waals surface area contributed by atoms with Crippen LogP contribution in [0.25, 0.3) is 16.9 Å². The minimum atomic E-state index is -2.85. The Morgan fingerprint density at radius 3 is 2.62 bits per heavy atom. The first-order valence-corrected chi connectivity index (χ1v) is 6.49. The molecule has 3 aromatic rings. The van der Waals surface area contributed by atoms with Crippen molar-refractivity contribution in [3.05, 3.63) is 66.6 Å². The third-order valence-corrected chi connectivity index (χ3v) is 3.17. The molecule has 3 rings (SSSR count). The minimum Gasteiger partial charge on any atom is -0.237 e. The van der Waals surface area contributed by atoms with Crippen LogP contribution < -0.4 is 0 Å². The van der Waals surface area contributed by atoms with E-state index in [-0.39, 0.29) is 5.56 Å². The lowest BCUT2D eigenvalue weighted by atomic mass is 10.0. The molecule has 3 nitrogen and oxygen atoms in total. The van der Waals surface area contributed by atoms with Crippen LogP contribution in [0.3, 0.4) is 0 Å². The predicted molar refractivity (Wildman–Crippen MR) is 76.4 cm³/mol. The zero-order valence-electron chi connectivity index (χ0n) is 11.4. The Bertz CT molecular complexity index is 745. The highest BCUT2D eigenvalue weighted by molar-refractivity contribution is 5.63. The highest BCUT2D eigenvalue weighted by atomic mass is 19.3. The molecular weight excluding hydrogens is 272 g/mol. The zero-order chi connectivity index (χ0) is 14.9. The fourth-order valence-electron chi connectivity index (χ4n) is 2.06. The molecule has 0 radical (unpaired) electrons. The highest BCUT2D eigenvalue weighted by Gasteiger charge is 2.24. The van der Waals surface area contributed by atoms with Crippen molar-refractivity contribution in [3.63, 3.8) is 0 Å². The first kappa shape index (κ1) is 13.4. The van der Waals surface area contributed by atoms with Gasteiger partial charge in [0.25, 0.3) is 5.92 Å². The fraction of sp³-hybridized carbons (Fsp3) is 0.125. The number of halogens is 2. The van der Waals surface area contributed by atoms with Gasteiger partial charge in [0.2, 0.25) is 0 Å². The first-order chi connectivity index (χ1) is 10.0. The molecule has 2 heterocycles. The molecular formula is C16H13F2N3. The molecule has 0 amide bonds. The number of hydrogen-bond donors (Lipinski definition) is 0. The summed E-state index contributed by atoms with van der Waals surface area (Å²) in [5.74, 6) is -2.17. The second-order valence-electron chi connectivity index (χ2n) is 4.83. The van der Waals surface area contributed by atoms with Crippen molar-refractivity contribution < 1.29 is 8.78 Å². The Labute approximate surface area is 120 Å². The SMILES string of the molecule is CC(F)(F)c1cccc(-c2cnn(-c3ccccn3)c2)c1. The molecule has 0 fully saturated rings. The molecule has 0 aliphatic rings. The molecule has 21 heavy (non-hydrogen) atoms. The highest BCUT2D eigenvalue weighted by Crippen LogP contribution is 2.30. The summed E-state index contributed by atoms with van der Waals surface area (Å²) in [7, 11) is 0. The van der Waals surface area contributed by atoms with Crippen LogP contribution >= 0.6 is 0 Å². The van der Waals surface area contributed by atoms with Crippen molar-refractivity contribution in [1.29, 1.82) is 0 Å². The van der Waals surface area contributed by atoms with Crippen LogP contribution in [-0.2, 0) is 5.92 Å². The number of alkyl halides is 2. The van der Waals surface area contributed by atoms with E-state index in [4.69, 9.17) is 0 Å². The summed E-state index contributed by atoms with van der Waals surface area (Å²) >= 11 is 0. The van der Waals surface area contributed by atoms with Crippen molar-refractivity contribution in [3.8, 4) is 16.9 Å². The van der Waals surface area contributed by atoms with Crippen LogP contribution in [0, 0.1) is 0 Å². The van der Waals surface area contributed by atoms with Gasteiger partial charge in [0.15, 0.2) is 5.82 Å². The summed E-state index contributed by atoms with van der Waals surface area (Å²) in [4.78, 5) is 4.19. The van der Waals surface area contributed by atoms with E-state index in [1.807, 2.05) is 18.2 Å². The van der Waals surface area contributed by atoms with Crippen LogP contribution in [0.4, 0.5) is 8.78 Å². The Kier molecular flexibility index (Phi) is 3.25. The molecule has 0 N–H and O–H groups in total. The smallest absolute Gasteiger partial charge is 0.237 e. The maximum atomic E-state index is 13.4. The average Bonchev–Trinajstić information content (AvgIpc) is 2.97. The monoisotopic (exact) mass is 285 g/mol. The lowest BCUT2D eigenvalue weighted by molar-refractivity contribution is 0.0175. The standard InChI is InChI=1S/C16H13F2N3/c1-16(17,18)14-6-4-5-12(9-14)13-10-20-21(11-13)15-7-2-3-8-19-15/h2-11H,1H3. The maximum Gasteiger partial charge on any atom is 0.270 e. The van der Waals surface area contributed by atoms with E-state index in [1.165, 1.54) is 12.1 Å². The Morgan fingerprint density at radius 2 is 1.90 bits per heavy atom. The van der Waals surface area contributed by atoms with Crippen LogP contribution in [0.15, 0.2) is 61.1 Å². The Morgan fingerprint density at radius 1 is 1.05 bits per heavy atom. The second-order valence-corrected chi connectivity index (χ2v) is 4.83. The molecule has 0 saturated carbocycles. The normalized spacial score (nSPS) is 11.6. The quantitative estimate of drug-likeness (QED) is 0.727. The van der Waals surface area contributed by atoms with Crippen molar-refractivity contribution in [2.75, 3.05) is 0 Å². The van der Waals surface area contributed by atoms with Gasteiger partial charge in [0, 0.05) is 30.4 Å². The lowest BCUT2D eigenvalue weighted by Crippen LogP contribution is -2.06.